The lowest BCUT2D eigenvalue weighted by Crippen LogP contribution is -2.08. The molecule has 1 aromatic carbocycles. The van der Waals surface area contributed by atoms with Gasteiger partial charge in [0.25, 0.3) is 0 Å². The van der Waals surface area contributed by atoms with E-state index in [0.717, 1.165) is 26.3 Å². The highest BCUT2D eigenvalue weighted by molar-refractivity contribution is 9.10. The SMILES string of the molecule is O=C(O)C1CCc2sc(-c3ccc(Br)cc3Cl)nc21. The van der Waals surface area contributed by atoms with Gasteiger partial charge in [-0.1, -0.05) is 27.5 Å². The summed E-state index contributed by atoms with van der Waals surface area (Å²) >= 11 is 11.1. The molecule has 1 heterocycles. The van der Waals surface area contributed by atoms with Gasteiger partial charge in [-0.15, -0.1) is 11.3 Å². The summed E-state index contributed by atoms with van der Waals surface area (Å²) in [5.41, 5.74) is 1.57. The van der Waals surface area contributed by atoms with Crippen LogP contribution >= 0.6 is 38.9 Å². The van der Waals surface area contributed by atoms with Crippen LogP contribution in [0.2, 0.25) is 5.02 Å². The van der Waals surface area contributed by atoms with Crippen molar-refractivity contribution in [3.05, 3.63) is 38.3 Å². The Hall–Kier alpha value is -0.910. The Labute approximate surface area is 127 Å². The number of carboxylic acid groups (broad SMARTS) is 1. The molecule has 0 fully saturated rings. The lowest BCUT2D eigenvalue weighted by molar-refractivity contribution is -0.138. The molecule has 0 saturated carbocycles. The molecule has 98 valence electrons. The van der Waals surface area contributed by atoms with Crippen LogP contribution in [0, 0.1) is 0 Å². The number of rotatable bonds is 2. The summed E-state index contributed by atoms with van der Waals surface area (Å²) in [6.07, 6.45) is 1.44. The molecule has 3 rings (SSSR count). The molecule has 0 radical (unpaired) electrons. The number of halogens is 2. The monoisotopic (exact) mass is 357 g/mol. The van der Waals surface area contributed by atoms with Crippen molar-refractivity contribution in [2.24, 2.45) is 0 Å². The molecule has 6 heteroatoms. The number of aromatic nitrogens is 1. The number of carbonyl (C=O) groups is 1. The Morgan fingerprint density at radius 3 is 3.00 bits per heavy atom. The van der Waals surface area contributed by atoms with Gasteiger partial charge in [-0.05, 0) is 31.0 Å². The highest BCUT2D eigenvalue weighted by Crippen LogP contribution is 2.41. The van der Waals surface area contributed by atoms with E-state index in [9.17, 15) is 4.79 Å². The third-order valence-electron chi connectivity index (χ3n) is 3.18. The van der Waals surface area contributed by atoms with Gasteiger partial charge in [0.15, 0.2) is 0 Å². The Morgan fingerprint density at radius 2 is 2.32 bits per heavy atom. The first-order valence-corrected chi connectivity index (χ1v) is 7.73. The number of hydrogen-bond acceptors (Lipinski definition) is 3. The Bertz CT molecular complexity index is 671. The van der Waals surface area contributed by atoms with Crippen LogP contribution in [0.1, 0.15) is 22.9 Å². The molecule has 1 N–H and O–H groups in total. The highest BCUT2D eigenvalue weighted by Gasteiger charge is 2.32. The Balaban J connectivity index is 2.04. The summed E-state index contributed by atoms with van der Waals surface area (Å²) < 4.78 is 0.911. The smallest absolute Gasteiger partial charge is 0.312 e. The van der Waals surface area contributed by atoms with Crippen molar-refractivity contribution in [2.75, 3.05) is 0 Å². The minimum absolute atomic E-state index is 0.464. The minimum Gasteiger partial charge on any atom is -0.481 e. The molecule has 1 atom stereocenters. The normalized spacial score (nSPS) is 17.5. The number of carboxylic acids is 1. The van der Waals surface area contributed by atoms with Gasteiger partial charge in [0, 0.05) is 14.9 Å². The molecule has 2 aromatic rings. The van der Waals surface area contributed by atoms with Gasteiger partial charge in [-0.2, -0.15) is 0 Å². The Morgan fingerprint density at radius 1 is 1.53 bits per heavy atom. The molecule has 0 spiro atoms. The minimum atomic E-state index is -0.794. The molecule has 0 amide bonds. The fraction of sp³-hybridized carbons (Fsp3) is 0.231. The van der Waals surface area contributed by atoms with E-state index in [1.807, 2.05) is 18.2 Å². The second-order valence-corrected chi connectivity index (χ2v) is 6.79. The lowest BCUT2D eigenvalue weighted by Gasteiger charge is -2.03. The first-order valence-electron chi connectivity index (χ1n) is 5.74. The van der Waals surface area contributed by atoms with Crippen molar-refractivity contribution in [3.63, 3.8) is 0 Å². The van der Waals surface area contributed by atoms with Gasteiger partial charge in [0.1, 0.15) is 10.9 Å². The molecular weight excluding hydrogens is 350 g/mol. The molecular formula is C13H9BrClNO2S. The third kappa shape index (κ3) is 2.30. The predicted molar refractivity (Wildman–Crippen MR) is 79.0 cm³/mol. The molecule has 1 aliphatic carbocycles. The van der Waals surface area contributed by atoms with Crippen molar-refractivity contribution in [1.82, 2.24) is 4.98 Å². The van der Waals surface area contributed by atoms with E-state index in [-0.39, 0.29) is 0 Å². The van der Waals surface area contributed by atoms with Crippen molar-refractivity contribution in [1.29, 1.82) is 0 Å². The molecule has 1 aliphatic rings. The van der Waals surface area contributed by atoms with E-state index < -0.39 is 11.9 Å². The zero-order valence-corrected chi connectivity index (χ0v) is 12.8. The van der Waals surface area contributed by atoms with E-state index in [1.54, 1.807) is 11.3 Å². The molecule has 3 nitrogen and oxygen atoms in total. The highest BCUT2D eigenvalue weighted by atomic mass is 79.9. The fourth-order valence-electron chi connectivity index (χ4n) is 2.25. The van der Waals surface area contributed by atoms with Crippen molar-refractivity contribution >= 4 is 44.8 Å². The van der Waals surface area contributed by atoms with Gasteiger partial charge in [0.05, 0.1) is 10.7 Å². The van der Waals surface area contributed by atoms with Crippen LogP contribution in [0.25, 0.3) is 10.6 Å². The maximum atomic E-state index is 11.2. The van der Waals surface area contributed by atoms with Gasteiger partial charge < -0.3 is 5.11 Å². The van der Waals surface area contributed by atoms with Crippen molar-refractivity contribution in [2.45, 2.75) is 18.8 Å². The number of hydrogen-bond donors (Lipinski definition) is 1. The summed E-state index contributed by atoms with van der Waals surface area (Å²) in [5, 5.41) is 10.6. The topological polar surface area (TPSA) is 50.2 Å². The molecule has 19 heavy (non-hydrogen) atoms. The van der Waals surface area contributed by atoms with Gasteiger partial charge in [-0.3, -0.25) is 4.79 Å². The van der Waals surface area contributed by atoms with E-state index in [0.29, 0.717) is 17.1 Å². The zero-order valence-electron chi connectivity index (χ0n) is 9.69. The summed E-state index contributed by atoms with van der Waals surface area (Å²) in [6, 6.07) is 5.62. The van der Waals surface area contributed by atoms with E-state index in [4.69, 9.17) is 16.7 Å². The zero-order chi connectivity index (χ0) is 13.6. The number of thiazole rings is 1. The van der Waals surface area contributed by atoms with Gasteiger partial charge in [0.2, 0.25) is 0 Å². The Kier molecular flexibility index (Phi) is 3.37. The summed E-state index contributed by atoms with van der Waals surface area (Å²) in [6.45, 7) is 0. The van der Waals surface area contributed by atoms with E-state index >= 15 is 0 Å². The number of nitrogens with zero attached hydrogens (tertiary/aromatic N) is 1. The van der Waals surface area contributed by atoms with Crippen LogP contribution in [-0.2, 0) is 11.2 Å². The first kappa shape index (κ1) is 13.1. The van der Waals surface area contributed by atoms with Crippen LogP contribution in [0.3, 0.4) is 0 Å². The number of aryl methyl sites for hydroxylation is 1. The maximum absolute atomic E-state index is 11.2. The van der Waals surface area contributed by atoms with Gasteiger partial charge in [-0.25, -0.2) is 4.98 Å². The molecule has 1 aromatic heterocycles. The second kappa shape index (κ2) is 4.89. The van der Waals surface area contributed by atoms with E-state index in [1.165, 1.54) is 0 Å². The van der Waals surface area contributed by atoms with Crippen LogP contribution in [0.15, 0.2) is 22.7 Å². The van der Waals surface area contributed by atoms with Crippen LogP contribution in [0.4, 0.5) is 0 Å². The first-order chi connectivity index (χ1) is 9.06. The third-order valence-corrected chi connectivity index (χ3v) is 5.15. The summed E-state index contributed by atoms with van der Waals surface area (Å²) in [4.78, 5) is 16.7. The van der Waals surface area contributed by atoms with Crippen LogP contribution in [0.5, 0.6) is 0 Å². The molecule has 0 saturated heterocycles. The summed E-state index contributed by atoms with van der Waals surface area (Å²) in [7, 11) is 0. The standard InChI is InChI=1S/C13H9BrClNO2S/c14-6-1-2-7(9(15)5-6)12-16-11-8(13(17)18)3-4-10(11)19-12/h1-2,5,8H,3-4H2,(H,17,18). The molecule has 0 bridgehead atoms. The van der Waals surface area contributed by atoms with Gasteiger partial charge >= 0.3 is 5.97 Å². The quantitative estimate of drug-likeness (QED) is 0.868. The fourth-order valence-corrected chi connectivity index (χ4v) is 4.24. The average molecular weight is 359 g/mol. The van der Waals surface area contributed by atoms with Crippen LogP contribution < -0.4 is 0 Å². The average Bonchev–Trinajstić information content (AvgIpc) is 2.87. The number of benzene rings is 1. The lowest BCUT2D eigenvalue weighted by atomic mass is 10.1. The largest absolute Gasteiger partial charge is 0.481 e. The van der Waals surface area contributed by atoms with E-state index in [2.05, 4.69) is 20.9 Å². The van der Waals surface area contributed by atoms with Crippen molar-refractivity contribution < 1.29 is 9.90 Å². The number of fused-ring (bicyclic) bond motifs is 1. The van der Waals surface area contributed by atoms with Crippen LogP contribution in [-0.4, -0.2) is 16.1 Å². The number of aliphatic carboxylic acids is 1. The molecule has 0 aliphatic heterocycles. The summed E-state index contributed by atoms with van der Waals surface area (Å²) in [5.74, 6) is -1.26. The van der Waals surface area contributed by atoms with Crippen molar-refractivity contribution in [3.8, 4) is 10.6 Å². The molecule has 1 unspecified atom stereocenters. The predicted octanol–water partition coefficient (Wildman–Crippen LogP) is 4.34. The second-order valence-electron chi connectivity index (χ2n) is 4.38. The maximum Gasteiger partial charge on any atom is 0.312 e.